The minimum absolute atomic E-state index is 0.286. The fourth-order valence-electron chi connectivity index (χ4n) is 2.56. The van der Waals surface area contributed by atoms with Crippen LogP contribution in [-0.2, 0) is 0 Å². The number of amidine groups is 1. The first kappa shape index (κ1) is 12.2. The van der Waals surface area contributed by atoms with E-state index in [2.05, 4.69) is 5.32 Å². The number of rotatable bonds is 4. The summed E-state index contributed by atoms with van der Waals surface area (Å²) in [5.74, 6) is 1.93. The van der Waals surface area contributed by atoms with Crippen molar-refractivity contribution in [1.82, 2.24) is 5.32 Å². The maximum absolute atomic E-state index is 7.84. The standard InChI is InChI=1S/C13H21N3O/c14-8-7-10(12-5-3-9-17-12)11-4-1-2-6-13(15)16-11/h3,5,9-11H,1-2,4,6-8,14H2,(H2,15,16). The normalized spacial score (nSPS) is 22.9. The van der Waals surface area contributed by atoms with Crippen LogP contribution in [0.5, 0.6) is 0 Å². The highest BCUT2D eigenvalue weighted by Crippen LogP contribution is 2.28. The van der Waals surface area contributed by atoms with Crippen molar-refractivity contribution in [2.45, 2.75) is 44.1 Å². The number of nitrogens with one attached hydrogen (secondary N) is 2. The molecule has 2 rings (SSSR count). The lowest BCUT2D eigenvalue weighted by Crippen LogP contribution is -2.38. The van der Waals surface area contributed by atoms with Gasteiger partial charge in [-0.25, -0.2) is 0 Å². The fraction of sp³-hybridized carbons (Fsp3) is 0.615. The largest absolute Gasteiger partial charge is 0.469 e. The molecule has 4 heteroatoms. The van der Waals surface area contributed by atoms with E-state index in [0.717, 1.165) is 31.4 Å². The van der Waals surface area contributed by atoms with Crippen molar-refractivity contribution in [3.63, 3.8) is 0 Å². The molecule has 1 fully saturated rings. The van der Waals surface area contributed by atoms with E-state index in [-0.39, 0.29) is 5.92 Å². The van der Waals surface area contributed by atoms with E-state index in [4.69, 9.17) is 15.6 Å². The van der Waals surface area contributed by atoms with Crippen LogP contribution in [0.4, 0.5) is 0 Å². The monoisotopic (exact) mass is 235 g/mol. The van der Waals surface area contributed by atoms with E-state index >= 15 is 0 Å². The lowest BCUT2D eigenvalue weighted by Gasteiger charge is -2.25. The molecular weight excluding hydrogens is 214 g/mol. The van der Waals surface area contributed by atoms with Gasteiger partial charge in [0.2, 0.25) is 0 Å². The zero-order valence-corrected chi connectivity index (χ0v) is 10.1. The van der Waals surface area contributed by atoms with E-state index in [1.54, 1.807) is 6.26 Å². The molecule has 94 valence electrons. The van der Waals surface area contributed by atoms with Crippen LogP contribution in [0.2, 0.25) is 0 Å². The Labute approximate surface area is 102 Å². The molecule has 0 bridgehead atoms. The van der Waals surface area contributed by atoms with Crippen LogP contribution in [0.25, 0.3) is 0 Å². The molecule has 2 heterocycles. The smallest absolute Gasteiger partial charge is 0.108 e. The van der Waals surface area contributed by atoms with Gasteiger partial charge in [0.05, 0.1) is 12.1 Å². The Balaban J connectivity index is 2.11. The number of furan rings is 1. The lowest BCUT2D eigenvalue weighted by molar-refractivity contribution is 0.371. The fourth-order valence-corrected chi connectivity index (χ4v) is 2.56. The molecule has 1 aromatic rings. The van der Waals surface area contributed by atoms with Gasteiger partial charge in [0.15, 0.2) is 0 Å². The number of nitrogens with two attached hydrogens (primary N) is 1. The maximum Gasteiger partial charge on any atom is 0.108 e. The first-order valence-corrected chi connectivity index (χ1v) is 6.38. The Hall–Kier alpha value is -1.29. The van der Waals surface area contributed by atoms with Gasteiger partial charge >= 0.3 is 0 Å². The van der Waals surface area contributed by atoms with E-state index in [1.165, 1.54) is 6.42 Å². The highest BCUT2D eigenvalue weighted by atomic mass is 16.3. The maximum atomic E-state index is 7.84. The molecular formula is C13H21N3O. The molecule has 0 radical (unpaired) electrons. The van der Waals surface area contributed by atoms with E-state index < -0.39 is 0 Å². The van der Waals surface area contributed by atoms with Crippen LogP contribution in [0.1, 0.15) is 43.8 Å². The van der Waals surface area contributed by atoms with Gasteiger partial charge < -0.3 is 15.5 Å². The zero-order valence-electron chi connectivity index (χ0n) is 10.1. The Kier molecular flexibility index (Phi) is 4.20. The van der Waals surface area contributed by atoms with E-state index in [1.807, 2.05) is 12.1 Å². The van der Waals surface area contributed by atoms with Gasteiger partial charge in [-0.3, -0.25) is 5.41 Å². The minimum Gasteiger partial charge on any atom is -0.469 e. The van der Waals surface area contributed by atoms with E-state index in [0.29, 0.717) is 18.4 Å². The van der Waals surface area contributed by atoms with Crippen LogP contribution >= 0.6 is 0 Å². The summed E-state index contributed by atoms with van der Waals surface area (Å²) in [6.07, 6.45) is 6.84. The van der Waals surface area contributed by atoms with Crippen molar-refractivity contribution in [2.75, 3.05) is 6.54 Å². The summed E-state index contributed by atoms with van der Waals surface area (Å²) in [6, 6.07) is 4.22. The predicted molar refractivity (Wildman–Crippen MR) is 68.2 cm³/mol. The summed E-state index contributed by atoms with van der Waals surface area (Å²) in [6.45, 7) is 0.650. The molecule has 17 heavy (non-hydrogen) atoms. The summed E-state index contributed by atoms with van der Waals surface area (Å²) < 4.78 is 5.51. The second-order valence-electron chi connectivity index (χ2n) is 4.67. The molecule has 4 nitrogen and oxygen atoms in total. The molecule has 2 atom stereocenters. The molecule has 0 amide bonds. The average Bonchev–Trinajstić information content (AvgIpc) is 2.75. The van der Waals surface area contributed by atoms with Gasteiger partial charge in [-0.2, -0.15) is 0 Å². The van der Waals surface area contributed by atoms with Gasteiger partial charge in [0.25, 0.3) is 0 Å². The molecule has 1 saturated heterocycles. The SMILES string of the molecule is N=C1CCCCC(C(CCN)c2ccco2)N1. The molecule has 1 aliphatic heterocycles. The van der Waals surface area contributed by atoms with Crippen LogP contribution < -0.4 is 11.1 Å². The second-order valence-corrected chi connectivity index (χ2v) is 4.67. The van der Waals surface area contributed by atoms with Gasteiger partial charge in [0, 0.05) is 18.4 Å². The quantitative estimate of drug-likeness (QED) is 0.749. The lowest BCUT2D eigenvalue weighted by atomic mass is 9.90. The molecule has 0 aliphatic carbocycles. The minimum atomic E-state index is 0.286. The second kappa shape index (κ2) is 5.87. The third-order valence-electron chi connectivity index (χ3n) is 3.42. The van der Waals surface area contributed by atoms with E-state index in [9.17, 15) is 0 Å². The first-order chi connectivity index (χ1) is 8.31. The van der Waals surface area contributed by atoms with Crippen molar-refractivity contribution < 1.29 is 4.42 Å². The van der Waals surface area contributed by atoms with Crippen LogP contribution in [0.15, 0.2) is 22.8 Å². The van der Waals surface area contributed by atoms with Crippen molar-refractivity contribution in [1.29, 1.82) is 5.41 Å². The van der Waals surface area contributed by atoms with Gasteiger partial charge in [0.1, 0.15) is 5.76 Å². The average molecular weight is 235 g/mol. The molecule has 0 aromatic carbocycles. The third kappa shape index (κ3) is 3.09. The van der Waals surface area contributed by atoms with Crippen molar-refractivity contribution in [3.8, 4) is 0 Å². The van der Waals surface area contributed by atoms with Gasteiger partial charge in [-0.15, -0.1) is 0 Å². The van der Waals surface area contributed by atoms with Gasteiger partial charge in [-0.1, -0.05) is 6.42 Å². The Bertz CT molecular complexity index is 348. The predicted octanol–water partition coefficient (Wildman–Crippen LogP) is 2.22. The zero-order chi connectivity index (χ0) is 12.1. The molecule has 0 spiro atoms. The highest BCUT2D eigenvalue weighted by molar-refractivity contribution is 5.79. The van der Waals surface area contributed by atoms with Crippen LogP contribution in [-0.4, -0.2) is 18.4 Å². The molecule has 1 aliphatic rings. The van der Waals surface area contributed by atoms with Crippen LogP contribution in [0.3, 0.4) is 0 Å². The molecule has 1 aromatic heterocycles. The third-order valence-corrected chi connectivity index (χ3v) is 3.42. The Morgan fingerprint density at radius 2 is 2.41 bits per heavy atom. The molecule has 2 unspecified atom stereocenters. The van der Waals surface area contributed by atoms with Crippen molar-refractivity contribution >= 4 is 5.84 Å². The van der Waals surface area contributed by atoms with Crippen molar-refractivity contribution in [3.05, 3.63) is 24.2 Å². The summed E-state index contributed by atoms with van der Waals surface area (Å²) in [5.41, 5.74) is 5.69. The van der Waals surface area contributed by atoms with Crippen LogP contribution in [0, 0.1) is 5.41 Å². The van der Waals surface area contributed by atoms with Crippen molar-refractivity contribution in [2.24, 2.45) is 5.73 Å². The summed E-state index contributed by atoms with van der Waals surface area (Å²) in [5, 5.41) is 11.2. The number of hydrogen-bond donors (Lipinski definition) is 3. The van der Waals surface area contributed by atoms with Gasteiger partial charge in [-0.05, 0) is 37.9 Å². The summed E-state index contributed by atoms with van der Waals surface area (Å²) in [7, 11) is 0. The Morgan fingerprint density at radius 1 is 1.53 bits per heavy atom. The molecule has 4 N–H and O–H groups in total. The topological polar surface area (TPSA) is 75.0 Å². The molecule has 0 saturated carbocycles. The highest BCUT2D eigenvalue weighted by Gasteiger charge is 2.26. The Morgan fingerprint density at radius 3 is 3.12 bits per heavy atom. The summed E-state index contributed by atoms with van der Waals surface area (Å²) in [4.78, 5) is 0. The summed E-state index contributed by atoms with van der Waals surface area (Å²) >= 11 is 0. The number of hydrogen-bond acceptors (Lipinski definition) is 3. The first-order valence-electron chi connectivity index (χ1n) is 6.38.